The van der Waals surface area contributed by atoms with Crippen molar-refractivity contribution in [3.63, 3.8) is 0 Å². The third kappa shape index (κ3) is 4.04. The zero-order valence-electron chi connectivity index (χ0n) is 25.5. The van der Waals surface area contributed by atoms with Gasteiger partial charge in [-0.1, -0.05) is 146 Å². The maximum Gasteiger partial charge on any atom is 0.106 e. The Bertz CT molecular complexity index is 2150. The van der Waals surface area contributed by atoms with Gasteiger partial charge in [0.05, 0.1) is 0 Å². The van der Waals surface area contributed by atoms with Crippen LogP contribution in [0.5, 0.6) is 0 Å². The fourth-order valence-electron chi connectivity index (χ4n) is 8.76. The van der Waals surface area contributed by atoms with Gasteiger partial charge >= 0.3 is 0 Å². The SMILES string of the molecule is [Br-].c1ccc2c3c(ccc2c1)C[N+]1(Cc2ccc4ccccc4c2-3)Cc2ccc3ccccc3c2-c2c(ccc3ccccc23)C1. The summed E-state index contributed by atoms with van der Waals surface area (Å²) in [6.07, 6.45) is 0. The number of fused-ring (bicyclic) bond motifs is 14. The van der Waals surface area contributed by atoms with Crippen LogP contribution in [0.2, 0.25) is 0 Å². The lowest BCUT2D eigenvalue weighted by atomic mass is 9.88. The lowest BCUT2D eigenvalue weighted by molar-refractivity contribution is -0.977. The molecule has 2 aliphatic heterocycles. The highest BCUT2D eigenvalue weighted by Crippen LogP contribution is 2.49. The van der Waals surface area contributed by atoms with Gasteiger partial charge in [0.25, 0.3) is 0 Å². The zero-order valence-corrected chi connectivity index (χ0v) is 27.1. The quantitative estimate of drug-likeness (QED) is 0.145. The Hall–Kier alpha value is -4.76. The number of nitrogens with zero attached hydrogens (tertiary/aromatic N) is 1. The predicted molar refractivity (Wildman–Crippen MR) is 189 cm³/mol. The standard InChI is InChI=1S/C44H32N.BrH/c1-5-13-37-29(9-1)17-21-33-25-45(26-34-22-18-30-10-2-6-14-38(30)42(34)41(33)37)27-35-23-19-31-11-3-7-15-39(31)43(35)44-36(28-45)24-20-32-12-4-8-16-40(32)44;/h1-24H,25-28H2;1H/q+1;/p-1. The fourth-order valence-corrected chi connectivity index (χ4v) is 8.76. The molecule has 0 fully saturated rings. The highest BCUT2D eigenvalue weighted by molar-refractivity contribution is 6.09. The molecule has 0 aromatic heterocycles. The monoisotopic (exact) mass is 653 g/mol. The molecule has 0 saturated carbocycles. The maximum absolute atomic E-state index is 2.43. The Kier molecular flexibility index (Phi) is 6.22. The molecule has 8 aromatic carbocycles. The van der Waals surface area contributed by atoms with E-state index in [9.17, 15) is 0 Å². The number of halogens is 1. The smallest absolute Gasteiger partial charge is 0.106 e. The first-order chi connectivity index (χ1) is 22.2. The lowest BCUT2D eigenvalue weighted by Crippen LogP contribution is -3.00. The van der Waals surface area contributed by atoms with Crippen LogP contribution in [0, 0.1) is 0 Å². The fraction of sp³-hybridized carbons (Fsp3) is 0.0909. The van der Waals surface area contributed by atoms with E-state index in [-0.39, 0.29) is 17.0 Å². The van der Waals surface area contributed by atoms with Gasteiger partial charge in [-0.15, -0.1) is 0 Å². The summed E-state index contributed by atoms with van der Waals surface area (Å²) in [6, 6.07) is 55.0. The maximum atomic E-state index is 2.43. The molecule has 46 heavy (non-hydrogen) atoms. The van der Waals surface area contributed by atoms with E-state index in [1.54, 1.807) is 0 Å². The van der Waals surface area contributed by atoms with Crippen LogP contribution in [0.4, 0.5) is 0 Å². The van der Waals surface area contributed by atoms with Crippen molar-refractivity contribution in [1.29, 1.82) is 0 Å². The van der Waals surface area contributed by atoms with Gasteiger partial charge in [-0.25, -0.2) is 0 Å². The number of quaternary nitrogens is 1. The molecule has 2 heterocycles. The van der Waals surface area contributed by atoms with E-state index in [0.717, 1.165) is 30.7 Å². The summed E-state index contributed by atoms with van der Waals surface area (Å²) in [6.45, 7) is 3.95. The molecule has 0 N–H and O–H groups in total. The highest BCUT2D eigenvalue weighted by atomic mass is 79.9. The van der Waals surface area contributed by atoms with Crippen molar-refractivity contribution >= 4 is 43.1 Å². The number of rotatable bonds is 0. The highest BCUT2D eigenvalue weighted by Gasteiger charge is 2.39. The van der Waals surface area contributed by atoms with Gasteiger partial charge in [-0.2, -0.15) is 0 Å². The van der Waals surface area contributed by atoms with E-state index in [2.05, 4.69) is 146 Å². The molecular formula is C44H32BrN. The summed E-state index contributed by atoms with van der Waals surface area (Å²) < 4.78 is 0.966. The van der Waals surface area contributed by atoms with E-state index in [1.807, 2.05) is 0 Å². The van der Waals surface area contributed by atoms with Gasteiger partial charge in [-0.3, -0.25) is 0 Å². The van der Waals surface area contributed by atoms with Crippen molar-refractivity contribution in [3.8, 4) is 22.3 Å². The van der Waals surface area contributed by atoms with E-state index in [1.165, 1.54) is 87.6 Å². The molecule has 8 aromatic rings. The molecule has 1 spiro atoms. The van der Waals surface area contributed by atoms with Crippen molar-refractivity contribution in [2.75, 3.05) is 0 Å². The summed E-state index contributed by atoms with van der Waals surface area (Å²) in [7, 11) is 0. The van der Waals surface area contributed by atoms with Gasteiger partial charge in [0.15, 0.2) is 0 Å². The van der Waals surface area contributed by atoms with Gasteiger partial charge < -0.3 is 21.5 Å². The van der Waals surface area contributed by atoms with E-state index < -0.39 is 0 Å². The molecular weight excluding hydrogens is 622 g/mol. The van der Waals surface area contributed by atoms with Gasteiger partial charge in [0.2, 0.25) is 0 Å². The number of hydrogen-bond acceptors (Lipinski definition) is 0. The lowest BCUT2D eigenvalue weighted by Gasteiger charge is -2.38. The normalized spacial score (nSPS) is 14.6. The zero-order chi connectivity index (χ0) is 29.5. The van der Waals surface area contributed by atoms with Crippen LogP contribution in [-0.2, 0) is 26.2 Å². The molecule has 0 bridgehead atoms. The van der Waals surface area contributed by atoms with Crippen molar-refractivity contribution in [3.05, 3.63) is 168 Å². The largest absolute Gasteiger partial charge is 1.00 e. The first-order valence-corrected chi connectivity index (χ1v) is 16.1. The second-order valence-corrected chi connectivity index (χ2v) is 13.3. The Balaban J connectivity index is 0.00000292. The minimum atomic E-state index is 0. The third-order valence-electron chi connectivity index (χ3n) is 10.6. The minimum Gasteiger partial charge on any atom is -1.00 e. The molecule has 220 valence electrons. The van der Waals surface area contributed by atoms with Crippen LogP contribution >= 0.6 is 0 Å². The molecule has 0 aliphatic carbocycles. The summed E-state index contributed by atoms with van der Waals surface area (Å²) in [5, 5.41) is 10.7. The Morgan fingerprint density at radius 2 is 0.522 bits per heavy atom. The van der Waals surface area contributed by atoms with Gasteiger partial charge in [0.1, 0.15) is 26.2 Å². The van der Waals surface area contributed by atoms with Crippen LogP contribution in [0.3, 0.4) is 0 Å². The minimum absolute atomic E-state index is 0. The summed E-state index contributed by atoms with van der Waals surface area (Å²) in [4.78, 5) is 0. The average Bonchev–Trinajstić information content (AvgIpc) is 3.32. The van der Waals surface area contributed by atoms with Crippen molar-refractivity contribution in [1.82, 2.24) is 0 Å². The Labute approximate surface area is 279 Å². The summed E-state index contributed by atoms with van der Waals surface area (Å²) in [5.41, 5.74) is 11.5. The first kappa shape index (κ1) is 27.5. The molecule has 0 unspecified atom stereocenters. The van der Waals surface area contributed by atoms with Gasteiger partial charge in [-0.05, 0) is 65.3 Å². The molecule has 1 nitrogen and oxygen atoms in total. The molecule has 10 rings (SSSR count). The molecule has 0 atom stereocenters. The Morgan fingerprint density at radius 1 is 0.283 bits per heavy atom. The topological polar surface area (TPSA) is 0 Å². The molecule has 0 radical (unpaired) electrons. The molecule has 2 aliphatic rings. The summed E-state index contributed by atoms with van der Waals surface area (Å²) >= 11 is 0. The number of benzene rings is 8. The molecule has 0 amide bonds. The van der Waals surface area contributed by atoms with E-state index in [0.29, 0.717) is 0 Å². The third-order valence-corrected chi connectivity index (χ3v) is 10.6. The van der Waals surface area contributed by atoms with Crippen molar-refractivity contribution in [2.45, 2.75) is 26.2 Å². The second-order valence-electron chi connectivity index (χ2n) is 13.3. The van der Waals surface area contributed by atoms with Crippen LogP contribution < -0.4 is 17.0 Å². The van der Waals surface area contributed by atoms with E-state index >= 15 is 0 Å². The van der Waals surface area contributed by atoms with Crippen molar-refractivity contribution in [2.24, 2.45) is 0 Å². The second kappa shape index (κ2) is 10.4. The van der Waals surface area contributed by atoms with Gasteiger partial charge in [0, 0.05) is 22.3 Å². The predicted octanol–water partition coefficient (Wildman–Crippen LogP) is 8.18. The van der Waals surface area contributed by atoms with Crippen LogP contribution in [0.25, 0.3) is 65.3 Å². The van der Waals surface area contributed by atoms with Crippen LogP contribution in [0.15, 0.2) is 146 Å². The van der Waals surface area contributed by atoms with Crippen LogP contribution in [0.1, 0.15) is 22.3 Å². The summed E-state index contributed by atoms with van der Waals surface area (Å²) in [5.74, 6) is 0. The molecule has 0 saturated heterocycles. The Morgan fingerprint density at radius 3 is 0.783 bits per heavy atom. The molecule has 2 heteroatoms. The van der Waals surface area contributed by atoms with Crippen LogP contribution in [-0.4, -0.2) is 4.48 Å². The van der Waals surface area contributed by atoms with Crippen molar-refractivity contribution < 1.29 is 21.5 Å². The first-order valence-electron chi connectivity index (χ1n) is 16.1. The van der Waals surface area contributed by atoms with E-state index in [4.69, 9.17) is 0 Å². The average molecular weight is 655 g/mol. The number of hydrogen-bond donors (Lipinski definition) is 0.